The minimum atomic E-state index is -4.14. The summed E-state index contributed by atoms with van der Waals surface area (Å²) in [4.78, 5) is 16.0. The molecule has 2 N–H and O–H groups in total. The molecule has 154 valence electrons. The number of rotatable bonds is 4. The molecule has 28 heavy (non-hydrogen) atoms. The lowest BCUT2D eigenvalue weighted by molar-refractivity contribution is -0.168. The van der Waals surface area contributed by atoms with Crippen LogP contribution in [0.2, 0.25) is 0 Å². The highest BCUT2D eigenvalue weighted by atomic mass is 32.2. The van der Waals surface area contributed by atoms with Gasteiger partial charge in [0.05, 0.1) is 11.3 Å². The maximum Gasteiger partial charge on any atom is 0.393 e. The molecule has 5 rings (SSSR count). The van der Waals surface area contributed by atoms with Crippen molar-refractivity contribution in [3.63, 3.8) is 0 Å². The number of piperidine rings is 3. The molecule has 0 radical (unpaired) electrons. The normalized spacial score (nSPS) is 35.1. The molecule has 4 saturated heterocycles. The van der Waals surface area contributed by atoms with E-state index in [1.54, 1.807) is 12.1 Å². The number of benzene rings is 1. The van der Waals surface area contributed by atoms with Gasteiger partial charge in [-0.05, 0) is 69.5 Å². The van der Waals surface area contributed by atoms with E-state index in [0.717, 1.165) is 30.8 Å². The topological polar surface area (TPSA) is 44.4 Å². The second-order valence-electron chi connectivity index (χ2n) is 8.13. The quantitative estimate of drug-likeness (QED) is 0.793. The van der Waals surface area contributed by atoms with Crippen LogP contribution in [0.5, 0.6) is 0 Å². The monoisotopic (exact) mass is 413 g/mol. The predicted molar refractivity (Wildman–Crippen MR) is 103 cm³/mol. The SMILES string of the molecule is C[C@H]1[C@H](NC(=O)c2ccc(SC3CC(C(F)(F)F)CN3)cc2)C2CCN1CC2. The van der Waals surface area contributed by atoms with Gasteiger partial charge in [-0.1, -0.05) is 0 Å². The van der Waals surface area contributed by atoms with Gasteiger partial charge >= 0.3 is 6.18 Å². The first kappa shape index (κ1) is 20.0. The summed E-state index contributed by atoms with van der Waals surface area (Å²) in [6, 6.07) is 7.72. The first-order chi connectivity index (χ1) is 13.3. The van der Waals surface area contributed by atoms with Crippen LogP contribution in [-0.4, -0.2) is 54.1 Å². The molecule has 0 saturated carbocycles. The Kier molecular flexibility index (Phi) is 5.64. The number of carbonyl (C=O) groups excluding carboxylic acids is 1. The molecule has 0 spiro atoms. The number of carbonyl (C=O) groups is 1. The van der Waals surface area contributed by atoms with E-state index >= 15 is 0 Å². The summed E-state index contributed by atoms with van der Waals surface area (Å²) in [5.41, 5.74) is 0.598. The molecule has 8 heteroatoms. The molecule has 4 aliphatic heterocycles. The lowest BCUT2D eigenvalue weighted by Crippen LogP contribution is -2.62. The molecule has 2 bridgehead atoms. The first-order valence-corrected chi connectivity index (χ1v) is 10.8. The van der Waals surface area contributed by atoms with Crippen molar-refractivity contribution in [2.45, 2.75) is 54.7 Å². The number of halogens is 3. The summed E-state index contributed by atoms with van der Waals surface area (Å²) >= 11 is 1.39. The van der Waals surface area contributed by atoms with Crippen molar-refractivity contribution >= 4 is 17.7 Å². The zero-order chi connectivity index (χ0) is 19.9. The molecule has 2 unspecified atom stereocenters. The summed E-state index contributed by atoms with van der Waals surface area (Å²) < 4.78 is 38.4. The van der Waals surface area contributed by atoms with Crippen molar-refractivity contribution in [2.24, 2.45) is 11.8 Å². The van der Waals surface area contributed by atoms with Crippen molar-refractivity contribution in [3.8, 4) is 0 Å². The van der Waals surface area contributed by atoms with Crippen LogP contribution in [0.1, 0.15) is 36.5 Å². The highest BCUT2D eigenvalue weighted by molar-refractivity contribution is 7.99. The summed E-state index contributed by atoms with van der Waals surface area (Å²) in [5.74, 6) is -0.800. The Labute approximate surface area is 167 Å². The van der Waals surface area contributed by atoms with E-state index in [2.05, 4.69) is 22.5 Å². The maximum absolute atomic E-state index is 12.8. The van der Waals surface area contributed by atoms with Gasteiger partial charge in [0.1, 0.15) is 0 Å². The van der Waals surface area contributed by atoms with Crippen molar-refractivity contribution in [1.29, 1.82) is 0 Å². The first-order valence-electron chi connectivity index (χ1n) is 9.93. The van der Waals surface area contributed by atoms with Crippen molar-refractivity contribution < 1.29 is 18.0 Å². The lowest BCUT2D eigenvalue weighted by atomic mass is 9.79. The number of thioether (sulfide) groups is 1. The van der Waals surface area contributed by atoms with Gasteiger partial charge in [0.25, 0.3) is 5.91 Å². The molecule has 4 heterocycles. The predicted octanol–water partition coefficient (Wildman–Crippen LogP) is 3.49. The van der Waals surface area contributed by atoms with E-state index < -0.39 is 12.1 Å². The molecule has 4 aliphatic rings. The smallest absolute Gasteiger partial charge is 0.347 e. The van der Waals surface area contributed by atoms with E-state index in [0.29, 0.717) is 17.5 Å². The molecule has 1 aromatic carbocycles. The highest BCUT2D eigenvalue weighted by Gasteiger charge is 2.44. The second kappa shape index (κ2) is 7.88. The molecule has 0 aromatic heterocycles. The average Bonchev–Trinajstić information content (AvgIpc) is 3.14. The van der Waals surface area contributed by atoms with Gasteiger partial charge in [0, 0.05) is 29.1 Å². The van der Waals surface area contributed by atoms with E-state index in [9.17, 15) is 18.0 Å². The molecule has 4 fully saturated rings. The Bertz CT molecular complexity index is 702. The number of nitrogens with one attached hydrogen (secondary N) is 2. The molecule has 1 aromatic rings. The van der Waals surface area contributed by atoms with Crippen LogP contribution in [0.4, 0.5) is 13.2 Å². The van der Waals surface area contributed by atoms with Gasteiger partial charge in [0.15, 0.2) is 0 Å². The summed E-state index contributed by atoms with van der Waals surface area (Å²) in [5, 5.41) is 5.89. The number of hydrogen-bond acceptors (Lipinski definition) is 4. The Morgan fingerprint density at radius 3 is 2.46 bits per heavy atom. The van der Waals surface area contributed by atoms with Crippen molar-refractivity contribution in [3.05, 3.63) is 29.8 Å². The third-order valence-electron chi connectivity index (χ3n) is 6.42. The lowest BCUT2D eigenvalue weighted by Gasteiger charge is -2.49. The van der Waals surface area contributed by atoms with Crippen LogP contribution in [0, 0.1) is 11.8 Å². The number of hydrogen-bond donors (Lipinski definition) is 2. The largest absolute Gasteiger partial charge is 0.393 e. The summed E-state index contributed by atoms with van der Waals surface area (Å²) in [7, 11) is 0. The van der Waals surface area contributed by atoms with E-state index in [-0.39, 0.29) is 30.3 Å². The van der Waals surface area contributed by atoms with Crippen LogP contribution in [0.3, 0.4) is 0 Å². The fourth-order valence-electron chi connectivity index (χ4n) is 4.67. The third kappa shape index (κ3) is 4.19. The third-order valence-corrected chi connectivity index (χ3v) is 7.61. The van der Waals surface area contributed by atoms with E-state index in [1.807, 2.05) is 12.1 Å². The van der Waals surface area contributed by atoms with Crippen molar-refractivity contribution in [2.75, 3.05) is 19.6 Å². The Hall–Kier alpha value is -1.25. The van der Waals surface area contributed by atoms with E-state index in [4.69, 9.17) is 0 Å². The maximum atomic E-state index is 12.8. The Balaban J connectivity index is 1.33. The van der Waals surface area contributed by atoms with E-state index in [1.165, 1.54) is 11.8 Å². The van der Waals surface area contributed by atoms with Crippen molar-refractivity contribution in [1.82, 2.24) is 15.5 Å². The molecule has 4 nitrogen and oxygen atoms in total. The minimum absolute atomic E-state index is 0.0284. The fourth-order valence-corrected chi connectivity index (χ4v) is 5.80. The van der Waals surface area contributed by atoms with Gasteiger partial charge in [-0.2, -0.15) is 13.2 Å². The summed E-state index contributed by atoms with van der Waals surface area (Å²) in [6.45, 7) is 4.39. The molecule has 4 atom stereocenters. The summed E-state index contributed by atoms with van der Waals surface area (Å²) in [6.07, 6.45) is -1.79. The van der Waals surface area contributed by atoms with Gasteiger partial charge in [-0.15, -0.1) is 11.8 Å². The van der Waals surface area contributed by atoms with Crippen LogP contribution in [0.15, 0.2) is 29.2 Å². The van der Waals surface area contributed by atoms with Gasteiger partial charge in [0.2, 0.25) is 0 Å². The molecule has 0 aliphatic carbocycles. The number of amides is 1. The minimum Gasteiger partial charge on any atom is -0.347 e. The fraction of sp³-hybridized carbons (Fsp3) is 0.650. The van der Waals surface area contributed by atoms with Crippen LogP contribution >= 0.6 is 11.8 Å². The standard InChI is InChI=1S/C20H26F3N3OS/c1-12-18(13-6-8-26(12)9-7-13)25-19(27)14-2-4-16(5-3-14)28-17-10-15(11-24-17)20(21,22)23/h2-5,12-13,15,17-18,24H,6-11H2,1H3,(H,25,27)/t12-,15?,17?,18-/m0/s1. The highest BCUT2D eigenvalue weighted by Crippen LogP contribution is 2.37. The van der Waals surface area contributed by atoms with Gasteiger partial charge < -0.3 is 10.6 Å². The Morgan fingerprint density at radius 1 is 1.21 bits per heavy atom. The zero-order valence-corrected chi connectivity index (χ0v) is 16.7. The van der Waals surface area contributed by atoms with Crippen LogP contribution in [0.25, 0.3) is 0 Å². The average molecular weight is 414 g/mol. The zero-order valence-electron chi connectivity index (χ0n) is 15.8. The number of nitrogens with zero attached hydrogens (tertiary/aromatic N) is 1. The van der Waals surface area contributed by atoms with Crippen LogP contribution < -0.4 is 10.6 Å². The van der Waals surface area contributed by atoms with Crippen LogP contribution in [-0.2, 0) is 0 Å². The Morgan fingerprint density at radius 2 is 1.89 bits per heavy atom. The molecule has 1 amide bonds. The number of fused-ring (bicyclic) bond motifs is 3. The van der Waals surface area contributed by atoms with Gasteiger partial charge in [-0.3, -0.25) is 9.69 Å². The van der Waals surface area contributed by atoms with Gasteiger partial charge in [-0.25, -0.2) is 0 Å². The number of alkyl halides is 3. The molecular weight excluding hydrogens is 387 g/mol. The second-order valence-corrected chi connectivity index (χ2v) is 9.40. The molecular formula is C20H26F3N3OS.